The number of piperidine rings is 1. The third-order valence-corrected chi connectivity index (χ3v) is 8.15. The number of benzene rings is 1. The van der Waals surface area contributed by atoms with Gasteiger partial charge in [-0.3, -0.25) is 9.59 Å². The van der Waals surface area contributed by atoms with Crippen molar-refractivity contribution in [1.29, 1.82) is 0 Å². The van der Waals surface area contributed by atoms with Crippen LogP contribution in [0.25, 0.3) is 0 Å². The van der Waals surface area contributed by atoms with Crippen LogP contribution in [0, 0.1) is 29.1 Å². The van der Waals surface area contributed by atoms with E-state index in [2.05, 4.69) is 36.3 Å². The first-order chi connectivity index (χ1) is 13.8. The molecule has 5 heteroatoms. The zero-order valence-electron chi connectivity index (χ0n) is 17.8. The number of carbonyl (C=O) groups excluding carboxylic acids is 2. The molecule has 156 valence electrons. The van der Waals surface area contributed by atoms with Gasteiger partial charge in [-0.2, -0.15) is 0 Å². The number of nitrogens with one attached hydrogen (secondary N) is 2. The van der Waals surface area contributed by atoms with E-state index in [4.69, 9.17) is 0 Å². The van der Waals surface area contributed by atoms with Crippen LogP contribution in [0.1, 0.15) is 63.2 Å². The van der Waals surface area contributed by atoms with Crippen LogP contribution in [-0.2, 0) is 4.79 Å². The molecule has 2 N–H and O–H groups in total. The van der Waals surface area contributed by atoms with Gasteiger partial charge >= 0.3 is 0 Å². The summed E-state index contributed by atoms with van der Waals surface area (Å²) in [7, 11) is 0. The number of hydrogen-bond acceptors (Lipinski definition) is 3. The minimum atomic E-state index is -0.419. The molecule has 2 amide bonds. The molecule has 4 fully saturated rings. The molecule has 3 aliphatic carbocycles. The third kappa shape index (κ3) is 2.96. The highest BCUT2D eigenvalue weighted by atomic mass is 16.2. The van der Waals surface area contributed by atoms with Gasteiger partial charge in [0.2, 0.25) is 5.91 Å². The number of carbonyl (C=O) groups is 2. The SMILES string of the molecule is CC1CC(C)CN(C(=O)C2CC3CCC2(C)C[C@]32NC(=O)c3ccccc3N2)C1. The molecule has 2 bridgehead atoms. The van der Waals surface area contributed by atoms with E-state index in [-0.39, 0.29) is 23.2 Å². The molecular weight excluding hydrogens is 362 g/mol. The molecule has 6 atom stereocenters. The number of nitrogens with zero attached hydrogens (tertiary/aromatic N) is 1. The van der Waals surface area contributed by atoms with E-state index >= 15 is 0 Å². The normalized spacial score (nSPS) is 40.9. The number of fused-ring (bicyclic) bond motifs is 3. The van der Waals surface area contributed by atoms with Crippen molar-refractivity contribution in [1.82, 2.24) is 10.2 Å². The standard InChI is InChI=1S/C24H33N3O2/c1-15-10-16(2)13-27(12-15)22(29)19-11-17-8-9-23(19,3)14-24(17)25-20-7-5-4-6-18(20)21(28)26-24/h4-7,15-17,19,25H,8-14H2,1-3H3,(H,26,28)/t15?,16?,17?,19?,23?,24-/m0/s1. The van der Waals surface area contributed by atoms with E-state index in [0.29, 0.717) is 23.3 Å². The Hall–Kier alpha value is -2.04. The van der Waals surface area contributed by atoms with Crippen molar-refractivity contribution in [3.8, 4) is 0 Å². The summed E-state index contributed by atoms with van der Waals surface area (Å²) in [5, 5.41) is 7.02. The predicted molar refractivity (Wildman–Crippen MR) is 113 cm³/mol. The van der Waals surface area contributed by atoms with Crippen molar-refractivity contribution >= 4 is 17.5 Å². The third-order valence-electron chi connectivity index (χ3n) is 8.15. The van der Waals surface area contributed by atoms with Gasteiger partial charge in [0, 0.05) is 30.6 Å². The van der Waals surface area contributed by atoms with Crippen molar-refractivity contribution in [2.24, 2.45) is 29.1 Å². The van der Waals surface area contributed by atoms with Crippen LogP contribution in [0.2, 0.25) is 0 Å². The molecule has 6 rings (SSSR count). The molecule has 5 unspecified atom stereocenters. The molecule has 0 radical (unpaired) electrons. The van der Waals surface area contributed by atoms with Crippen molar-refractivity contribution < 1.29 is 9.59 Å². The highest BCUT2D eigenvalue weighted by Crippen LogP contribution is 2.59. The average Bonchev–Trinajstić information content (AvgIpc) is 2.66. The number of likely N-dealkylation sites (tertiary alicyclic amines) is 1. The smallest absolute Gasteiger partial charge is 0.255 e. The number of amides is 2. The van der Waals surface area contributed by atoms with Crippen molar-refractivity contribution in [3.05, 3.63) is 29.8 Å². The van der Waals surface area contributed by atoms with Crippen LogP contribution in [0.4, 0.5) is 5.69 Å². The number of rotatable bonds is 1. The Morgan fingerprint density at radius 2 is 1.83 bits per heavy atom. The summed E-state index contributed by atoms with van der Waals surface area (Å²) in [5.41, 5.74) is 1.14. The highest BCUT2D eigenvalue weighted by molar-refractivity contribution is 6.02. The predicted octanol–water partition coefficient (Wildman–Crippen LogP) is 3.87. The monoisotopic (exact) mass is 395 g/mol. The molecule has 29 heavy (non-hydrogen) atoms. The van der Waals surface area contributed by atoms with E-state index in [1.807, 2.05) is 24.3 Å². The molecule has 1 spiro atoms. The highest BCUT2D eigenvalue weighted by Gasteiger charge is 2.60. The zero-order valence-corrected chi connectivity index (χ0v) is 17.8. The Morgan fingerprint density at radius 3 is 2.55 bits per heavy atom. The minimum Gasteiger partial charge on any atom is -0.362 e. The first-order valence-electron chi connectivity index (χ1n) is 11.3. The molecular formula is C24H33N3O2. The van der Waals surface area contributed by atoms with Gasteiger partial charge in [0.1, 0.15) is 5.66 Å². The van der Waals surface area contributed by atoms with Crippen molar-refractivity contribution in [2.75, 3.05) is 18.4 Å². The summed E-state index contributed by atoms with van der Waals surface area (Å²) >= 11 is 0. The lowest BCUT2D eigenvalue weighted by Crippen LogP contribution is -2.70. The second-order valence-electron chi connectivity index (χ2n) is 10.6. The molecule has 5 nitrogen and oxygen atoms in total. The minimum absolute atomic E-state index is 0.0112. The van der Waals surface area contributed by atoms with E-state index in [0.717, 1.165) is 44.5 Å². The Balaban J connectivity index is 1.41. The molecule has 2 heterocycles. The Kier molecular flexibility index (Phi) is 4.24. The van der Waals surface area contributed by atoms with Gasteiger partial charge in [-0.1, -0.05) is 32.9 Å². The van der Waals surface area contributed by atoms with Crippen molar-refractivity contribution in [3.63, 3.8) is 0 Å². The molecule has 0 aromatic heterocycles. The molecule has 1 aromatic rings. The number of para-hydroxylation sites is 1. The van der Waals surface area contributed by atoms with Crippen LogP contribution in [0.15, 0.2) is 24.3 Å². The van der Waals surface area contributed by atoms with Gasteiger partial charge < -0.3 is 15.5 Å². The quantitative estimate of drug-likeness (QED) is 0.759. The second-order valence-corrected chi connectivity index (χ2v) is 10.6. The van der Waals surface area contributed by atoms with Gasteiger partial charge in [0.15, 0.2) is 0 Å². The lowest BCUT2D eigenvalue weighted by molar-refractivity contribution is -0.153. The van der Waals surface area contributed by atoms with E-state index in [9.17, 15) is 9.59 Å². The van der Waals surface area contributed by atoms with Gasteiger partial charge in [-0.25, -0.2) is 0 Å². The van der Waals surface area contributed by atoms with Crippen LogP contribution < -0.4 is 10.6 Å². The zero-order chi connectivity index (χ0) is 20.4. The summed E-state index contributed by atoms with van der Waals surface area (Å²) in [5.74, 6) is 1.89. The summed E-state index contributed by atoms with van der Waals surface area (Å²) < 4.78 is 0. The van der Waals surface area contributed by atoms with Crippen LogP contribution in [-0.4, -0.2) is 35.5 Å². The van der Waals surface area contributed by atoms with Gasteiger partial charge in [0.05, 0.1) is 5.56 Å². The maximum atomic E-state index is 13.6. The summed E-state index contributed by atoms with van der Waals surface area (Å²) in [6.07, 6.45) is 5.02. The first-order valence-corrected chi connectivity index (χ1v) is 11.3. The maximum absolute atomic E-state index is 13.6. The molecule has 1 aromatic carbocycles. The average molecular weight is 396 g/mol. The van der Waals surface area contributed by atoms with E-state index in [1.165, 1.54) is 6.42 Å². The summed E-state index contributed by atoms with van der Waals surface area (Å²) in [4.78, 5) is 28.6. The lowest BCUT2D eigenvalue weighted by Gasteiger charge is -2.61. The topological polar surface area (TPSA) is 61.4 Å². The fourth-order valence-corrected chi connectivity index (χ4v) is 6.89. The molecule has 1 saturated heterocycles. The fraction of sp³-hybridized carbons (Fsp3) is 0.667. The number of hydrogen-bond donors (Lipinski definition) is 2. The molecule has 2 aliphatic heterocycles. The largest absolute Gasteiger partial charge is 0.362 e. The lowest BCUT2D eigenvalue weighted by atomic mass is 9.51. The Bertz CT molecular complexity index is 844. The number of anilines is 1. The van der Waals surface area contributed by atoms with Crippen molar-refractivity contribution in [2.45, 2.75) is 58.5 Å². The summed E-state index contributed by atoms with van der Waals surface area (Å²) in [6.45, 7) is 8.59. The maximum Gasteiger partial charge on any atom is 0.255 e. The first kappa shape index (κ1) is 19.0. The Labute approximate surface area is 173 Å². The van der Waals surface area contributed by atoms with Gasteiger partial charge in [-0.05, 0) is 61.5 Å². The fourth-order valence-electron chi connectivity index (χ4n) is 6.89. The van der Waals surface area contributed by atoms with E-state index in [1.54, 1.807) is 0 Å². The second kappa shape index (κ2) is 6.48. The van der Waals surface area contributed by atoms with Gasteiger partial charge in [0.25, 0.3) is 5.91 Å². The molecule has 3 saturated carbocycles. The van der Waals surface area contributed by atoms with Crippen LogP contribution >= 0.6 is 0 Å². The van der Waals surface area contributed by atoms with Crippen LogP contribution in [0.5, 0.6) is 0 Å². The summed E-state index contributed by atoms with van der Waals surface area (Å²) in [6, 6.07) is 7.76. The van der Waals surface area contributed by atoms with Crippen LogP contribution in [0.3, 0.4) is 0 Å². The Morgan fingerprint density at radius 1 is 1.10 bits per heavy atom. The van der Waals surface area contributed by atoms with Gasteiger partial charge in [-0.15, -0.1) is 0 Å². The van der Waals surface area contributed by atoms with E-state index < -0.39 is 5.66 Å². The molecule has 5 aliphatic rings.